The van der Waals surface area contributed by atoms with E-state index < -0.39 is 0 Å². The molecule has 1 unspecified atom stereocenters. The first-order chi connectivity index (χ1) is 17.6. The van der Waals surface area contributed by atoms with Crippen LogP contribution >= 0.6 is 0 Å². The minimum Gasteiger partial charge on any atom is -0.466 e. The normalized spacial score (nSPS) is 12.6. The Kier molecular flexibility index (Phi) is 28.1. The summed E-state index contributed by atoms with van der Waals surface area (Å²) in [5.74, 6) is -0.0388. The van der Waals surface area contributed by atoms with Crippen molar-refractivity contribution >= 4 is 5.97 Å². The maximum atomic E-state index is 11.3. The van der Waals surface area contributed by atoms with Gasteiger partial charge in [0.15, 0.2) is 0 Å². The monoisotopic (exact) mass is 508 g/mol. The van der Waals surface area contributed by atoms with Gasteiger partial charge in [0, 0.05) is 12.5 Å². The average molecular weight is 508 g/mol. The minimum absolute atomic E-state index is 0.0388. The number of hydrogen-bond acceptors (Lipinski definition) is 3. The van der Waals surface area contributed by atoms with E-state index in [1.165, 1.54) is 135 Å². The maximum Gasteiger partial charge on any atom is 0.305 e. The molecule has 0 aliphatic heterocycles. The largest absolute Gasteiger partial charge is 0.466 e. The molecule has 0 aliphatic carbocycles. The third-order valence-corrected chi connectivity index (χ3v) is 7.50. The van der Waals surface area contributed by atoms with Crippen LogP contribution < -0.4 is 0 Å². The van der Waals surface area contributed by atoms with E-state index in [9.17, 15) is 4.79 Å². The van der Waals surface area contributed by atoms with Gasteiger partial charge >= 0.3 is 5.97 Å². The van der Waals surface area contributed by atoms with Crippen LogP contribution in [0.1, 0.15) is 168 Å². The Hall–Kier alpha value is -0.830. The van der Waals surface area contributed by atoms with Crippen molar-refractivity contribution in [3.05, 3.63) is 12.2 Å². The molecule has 3 nitrogen and oxygen atoms in total. The molecule has 0 saturated carbocycles. The molecule has 0 aliphatic rings. The van der Waals surface area contributed by atoms with Crippen LogP contribution in [-0.2, 0) is 9.53 Å². The van der Waals surface area contributed by atoms with Gasteiger partial charge in [-0.15, -0.1) is 0 Å². The molecule has 0 aromatic rings. The summed E-state index contributed by atoms with van der Waals surface area (Å²) in [6, 6.07) is 0.798. The van der Waals surface area contributed by atoms with E-state index in [0.29, 0.717) is 13.0 Å². The van der Waals surface area contributed by atoms with Gasteiger partial charge in [0.25, 0.3) is 0 Å². The van der Waals surface area contributed by atoms with Gasteiger partial charge in [-0.25, -0.2) is 0 Å². The zero-order valence-corrected chi connectivity index (χ0v) is 25.2. The summed E-state index contributed by atoms with van der Waals surface area (Å²) in [4.78, 5) is 13.7. The van der Waals surface area contributed by atoms with Crippen molar-refractivity contribution in [3.8, 4) is 0 Å². The summed E-state index contributed by atoms with van der Waals surface area (Å²) in [6.45, 7) is 4.67. The Morgan fingerprint density at radius 1 is 0.611 bits per heavy atom. The van der Waals surface area contributed by atoms with Crippen molar-refractivity contribution in [3.63, 3.8) is 0 Å². The van der Waals surface area contributed by atoms with Crippen LogP contribution in [0.4, 0.5) is 0 Å². The summed E-state index contributed by atoms with van der Waals surface area (Å²) < 4.78 is 4.96. The standard InChI is InChI=1S/C33H65NO2/c1-5-7-8-9-23-26-29-32(34(3)4)30-27-24-21-19-17-15-13-11-10-12-14-16-18-20-22-25-28-31-33(35)36-6-2/h12,14,32H,5-11,13,15-31H2,1-4H3/b14-12-. The van der Waals surface area contributed by atoms with E-state index in [2.05, 4.69) is 38.1 Å². The highest BCUT2D eigenvalue weighted by atomic mass is 16.5. The number of rotatable bonds is 28. The van der Waals surface area contributed by atoms with Crippen molar-refractivity contribution in [2.75, 3.05) is 20.7 Å². The van der Waals surface area contributed by atoms with Crippen LogP contribution in [0.15, 0.2) is 12.2 Å². The zero-order chi connectivity index (χ0) is 26.5. The van der Waals surface area contributed by atoms with Gasteiger partial charge in [-0.2, -0.15) is 0 Å². The molecule has 0 spiro atoms. The van der Waals surface area contributed by atoms with Gasteiger partial charge in [0.2, 0.25) is 0 Å². The van der Waals surface area contributed by atoms with Crippen molar-refractivity contribution < 1.29 is 9.53 Å². The Morgan fingerprint density at radius 2 is 1.03 bits per heavy atom. The summed E-state index contributed by atoms with van der Waals surface area (Å²) in [6.07, 6.45) is 36.3. The third-order valence-electron chi connectivity index (χ3n) is 7.50. The van der Waals surface area contributed by atoms with E-state index in [4.69, 9.17) is 4.74 Å². The number of carbonyl (C=O) groups excluding carboxylic acids is 1. The molecule has 0 fully saturated rings. The number of carbonyl (C=O) groups is 1. The quantitative estimate of drug-likeness (QED) is 0.0599. The van der Waals surface area contributed by atoms with Crippen molar-refractivity contribution in [1.29, 1.82) is 0 Å². The fourth-order valence-corrected chi connectivity index (χ4v) is 5.05. The van der Waals surface area contributed by atoms with Gasteiger partial charge in [0.1, 0.15) is 0 Å². The molecule has 0 aromatic carbocycles. The van der Waals surface area contributed by atoms with Gasteiger partial charge in [-0.1, -0.05) is 122 Å². The first-order valence-corrected chi connectivity index (χ1v) is 16.1. The second kappa shape index (κ2) is 28.7. The SMILES string of the molecule is CCCCCCCCC(CCCCCCCCCC/C=C\CCCCCCCC(=O)OCC)N(C)C. The summed E-state index contributed by atoms with van der Waals surface area (Å²) in [7, 11) is 4.55. The molecule has 0 heterocycles. The van der Waals surface area contributed by atoms with Crippen LogP contribution in [0.25, 0.3) is 0 Å². The first kappa shape index (κ1) is 35.2. The number of allylic oxidation sites excluding steroid dienone is 2. The number of ether oxygens (including phenoxy) is 1. The zero-order valence-electron chi connectivity index (χ0n) is 25.2. The Balaban J connectivity index is 3.38. The molecule has 1 atom stereocenters. The van der Waals surface area contributed by atoms with Gasteiger partial charge in [-0.3, -0.25) is 4.79 Å². The Labute approximate surface area is 227 Å². The highest BCUT2D eigenvalue weighted by Crippen LogP contribution is 2.17. The van der Waals surface area contributed by atoms with E-state index in [0.717, 1.165) is 18.9 Å². The first-order valence-electron chi connectivity index (χ1n) is 16.1. The number of hydrogen-bond donors (Lipinski definition) is 0. The molecule has 0 amide bonds. The molecule has 214 valence electrons. The third kappa shape index (κ3) is 26.2. The van der Waals surface area contributed by atoms with Gasteiger partial charge in [0.05, 0.1) is 6.61 Å². The predicted octanol–water partition coefficient (Wildman–Crippen LogP) is 10.4. The molecule has 36 heavy (non-hydrogen) atoms. The molecular weight excluding hydrogens is 442 g/mol. The highest BCUT2D eigenvalue weighted by molar-refractivity contribution is 5.69. The second-order valence-corrected chi connectivity index (χ2v) is 11.2. The molecular formula is C33H65NO2. The number of nitrogens with zero attached hydrogens (tertiary/aromatic N) is 1. The molecule has 0 bridgehead atoms. The lowest BCUT2D eigenvalue weighted by Crippen LogP contribution is -2.27. The van der Waals surface area contributed by atoms with Crippen LogP contribution in [0.5, 0.6) is 0 Å². The maximum absolute atomic E-state index is 11.3. The lowest BCUT2D eigenvalue weighted by atomic mass is 9.99. The average Bonchev–Trinajstić information content (AvgIpc) is 2.86. The van der Waals surface area contributed by atoms with E-state index >= 15 is 0 Å². The van der Waals surface area contributed by atoms with Crippen LogP contribution in [0, 0.1) is 0 Å². The molecule has 3 heteroatoms. The smallest absolute Gasteiger partial charge is 0.305 e. The molecule has 0 radical (unpaired) electrons. The highest BCUT2D eigenvalue weighted by Gasteiger charge is 2.10. The van der Waals surface area contributed by atoms with Crippen molar-refractivity contribution in [1.82, 2.24) is 4.90 Å². The molecule has 0 saturated heterocycles. The Morgan fingerprint density at radius 3 is 1.47 bits per heavy atom. The number of unbranched alkanes of at least 4 members (excludes halogenated alkanes) is 18. The van der Waals surface area contributed by atoms with Gasteiger partial charge < -0.3 is 9.64 Å². The van der Waals surface area contributed by atoms with Crippen LogP contribution in [0.3, 0.4) is 0 Å². The fraction of sp³-hybridized carbons (Fsp3) is 0.909. The predicted molar refractivity (Wildman–Crippen MR) is 160 cm³/mol. The minimum atomic E-state index is -0.0388. The van der Waals surface area contributed by atoms with Crippen LogP contribution in [-0.4, -0.2) is 37.6 Å². The molecule has 0 aromatic heterocycles. The van der Waals surface area contributed by atoms with Crippen LogP contribution in [0.2, 0.25) is 0 Å². The lowest BCUT2D eigenvalue weighted by Gasteiger charge is -2.24. The second-order valence-electron chi connectivity index (χ2n) is 11.2. The van der Waals surface area contributed by atoms with Crippen molar-refractivity contribution in [2.45, 2.75) is 174 Å². The van der Waals surface area contributed by atoms with E-state index in [1.807, 2.05) is 6.92 Å². The summed E-state index contributed by atoms with van der Waals surface area (Å²) >= 11 is 0. The Bertz CT molecular complexity index is 474. The summed E-state index contributed by atoms with van der Waals surface area (Å²) in [5.41, 5.74) is 0. The molecule has 0 N–H and O–H groups in total. The molecule has 0 rings (SSSR count). The van der Waals surface area contributed by atoms with E-state index in [-0.39, 0.29) is 5.97 Å². The fourth-order valence-electron chi connectivity index (χ4n) is 5.05. The van der Waals surface area contributed by atoms with Crippen molar-refractivity contribution in [2.24, 2.45) is 0 Å². The topological polar surface area (TPSA) is 29.5 Å². The number of esters is 1. The summed E-state index contributed by atoms with van der Waals surface area (Å²) in [5, 5.41) is 0. The van der Waals surface area contributed by atoms with Gasteiger partial charge in [-0.05, 0) is 66.0 Å². The lowest BCUT2D eigenvalue weighted by molar-refractivity contribution is -0.143. The van der Waals surface area contributed by atoms with E-state index in [1.54, 1.807) is 0 Å².